The van der Waals surface area contributed by atoms with E-state index in [9.17, 15) is 4.79 Å². The standard InChI is InChI=1S/C18H21BrN4O/c1-12-7-8-14(9-15(12)19)22-17-11-20-16(10-21-17)18(24)23-13-5-3-2-4-6-13/h7-11,13H,2-6H2,1H3,(H,21,22)(H,23,24). The summed E-state index contributed by atoms with van der Waals surface area (Å²) < 4.78 is 1.03. The number of hydrogen-bond donors (Lipinski definition) is 2. The Hall–Kier alpha value is -1.95. The van der Waals surface area contributed by atoms with Crippen molar-refractivity contribution in [3.05, 3.63) is 46.3 Å². The first-order chi connectivity index (χ1) is 11.6. The van der Waals surface area contributed by atoms with E-state index in [1.54, 1.807) is 6.20 Å². The van der Waals surface area contributed by atoms with E-state index >= 15 is 0 Å². The Balaban J connectivity index is 1.61. The highest BCUT2D eigenvalue weighted by Gasteiger charge is 2.17. The van der Waals surface area contributed by atoms with E-state index in [1.807, 2.05) is 25.1 Å². The van der Waals surface area contributed by atoms with Gasteiger partial charge in [0.2, 0.25) is 0 Å². The third-order valence-electron chi connectivity index (χ3n) is 4.27. The van der Waals surface area contributed by atoms with Crippen LogP contribution in [-0.2, 0) is 0 Å². The van der Waals surface area contributed by atoms with Crippen LogP contribution in [0.5, 0.6) is 0 Å². The molecular formula is C18H21BrN4O. The van der Waals surface area contributed by atoms with E-state index in [1.165, 1.54) is 31.0 Å². The second kappa shape index (κ2) is 7.75. The number of aryl methyl sites for hydroxylation is 1. The molecule has 1 heterocycles. The number of anilines is 2. The van der Waals surface area contributed by atoms with Crippen molar-refractivity contribution in [2.75, 3.05) is 5.32 Å². The molecule has 5 nitrogen and oxygen atoms in total. The second-order valence-electron chi connectivity index (χ2n) is 6.18. The lowest BCUT2D eigenvalue weighted by atomic mass is 9.95. The van der Waals surface area contributed by atoms with Crippen LogP contribution in [0.1, 0.15) is 48.2 Å². The molecule has 1 aliphatic carbocycles. The zero-order valence-electron chi connectivity index (χ0n) is 13.7. The molecule has 0 unspecified atom stereocenters. The number of benzene rings is 1. The van der Waals surface area contributed by atoms with E-state index in [-0.39, 0.29) is 11.9 Å². The number of aromatic nitrogens is 2. The van der Waals surface area contributed by atoms with E-state index in [4.69, 9.17) is 0 Å². The lowest BCUT2D eigenvalue weighted by molar-refractivity contribution is 0.0922. The number of halogens is 1. The van der Waals surface area contributed by atoms with Crippen LogP contribution in [0.2, 0.25) is 0 Å². The number of amides is 1. The first-order valence-corrected chi connectivity index (χ1v) is 9.07. The Bertz CT molecular complexity index is 711. The molecule has 0 spiro atoms. The fourth-order valence-corrected chi connectivity index (χ4v) is 3.21. The van der Waals surface area contributed by atoms with Gasteiger partial charge in [0.1, 0.15) is 11.5 Å². The quantitative estimate of drug-likeness (QED) is 0.816. The summed E-state index contributed by atoms with van der Waals surface area (Å²) in [7, 11) is 0. The summed E-state index contributed by atoms with van der Waals surface area (Å²) in [5.74, 6) is 0.471. The minimum absolute atomic E-state index is 0.140. The lowest BCUT2D eigenvalue weighted by Gasteiger charge is -2.22. The van der Waals surface area contributed by atoms with Crippen LogP contribution in [0.3, 0.4) is 0 Å². The molecule has 0 atom stereocenters. The molecule has 1 fully saturated rings. The maximum absolute atomic E-state index is 12.2. The van der Waals surface area contributed by atoms with Crippen LogP contribution in [0.25, 0.3) is 0 Å². The number of hydrogen-bond acceptors (Lipinski definition) is 4. The summed E-state index contributed by atoms with van der Waals surface area (Å²) >= 11 is 3.51. The summed E-state index contributed by atoms with van der Waals surface area (Å²) in [6.45, 7) is 2.04. The zero-order chi connectivity index (χ0) is 16.9. The predicted octanol–water partition coefficient (Wildman–Crippen LogP) is 4.35. The SMILES string of the molecule is Cc1ccc(Nc2cnc(C(=O)NC3CCCCC3)cn2)cc1Br. The zero-order valence-corrected chi connectivity index (χ0v) is 15.3. The van der Waals surface area contributed by atoms with Gasteiger partial charge in [-0.3, -0.25) is 4.79 Å². The molecule has 1 aromatic heterocycles. The van der Waals surface area contributed by atoms with Gasteiger partial charge in [0.25, 0.3) is 5.91 Å². The van der Waals surface area contributed by atoms with Gasteiger partial charge in [0, 0.05) is 16.2 Å². The summed E-state index contributed by atoms with van der Waals surface area (Å²) in [5, 5.41) is 6.23. The molecule has 24 heavy (non-hydrogen) atoms. The summed E-state index contributed by atoms with van der Waals surface area (Å²) in [6.07, 6.45) is 8.86. The highest BCUT2D eigenvalue weighted by molar-refractivity contribution is 9.10. The van der Waals surface area contributed by atoms with Crippen molar-refractivity contribution in [3.8, 4) is 0 Å². The molecule has 1 amide bonds. The highest BCUT2D eigenvalue weighted by atomic mass is 79.9. The Labute approximate surface area is 150 Å². The Kier molecular flexibility index (Phi) is 5.45. The van der Waals surface area contributed by atoms with Crippen molar-refractivity contribution in [3.63, 3.8) is 0 Å². The molecule has 0 saturated heterocycles. The van der Waals surface area contributed by atoms with Crippen molar-refractivity contribution in [1.29, 1.82) is 0 Å². The highest BCUT2D eigenvalue weighted by Crippen LogP contribution is 2.22. The van der Waals surface area contributed by atoms with Crippen molar-refractivity contribution in [2.24, 2.45) is 0 Å². The average Bonchev–Trinajstić information content (AvgIpc) is 2.60. The maximum atomic E-state index is 12.2. The molecule has 1 aromatic carbocycles. The van der Waals surface area contributed by atoms with Crippen LogP contribution >= 0.6 is 15.9 Å². The molecule has 0 aliphatic heterocycles. The van der Waals surface area contributed by atoms with Gasteiger partial charge in [-0.25, -0.2) is 9.97 Å². The number of rotatable bonds is 4. The van der Waals surface area contributed by atoms with E-state index in [2.05, 4.69) is 36.5 Å². The van der Waals surface area contributed by atoms with Gasteiger partial charge < -0.3 is 10.6 Å². The third kappa shape index (κ3) is 4.32. The van der Waals surface area contributed by atoms with Gasteiger partial charge >= 0.3 is 0 Å². The van der Waals surface area contributed by atoms with Crippen molar-refractivity contribution in [1.82, 2.24) is 15.3 Å². The van der Waals surface area contributed by atoms with Crippen LogP contribution < -0.4 is 10.6 Å². The fourth-order valence-electron chi connectivity index (χ4n) is 2.83. The molecule has 0 bridgehead atoms. The van der Waals surface area contributed by atoms with Crippen LogP contribution in [-0.4, -0.2) is 21.9 Å². The Morgan fingerprint density at radius 3 is 2.62 bits per heavy atom. The minimum atomic E-state index is -0.140. The molecule has 126 valence electrons. The van der Waals surface area contributed by atoms with E-state index in [0.29, 0.717) is 11.5 Å². The van der Waals surface area contributed by atoms with E-state index in [0.717, 1.165) is 23.0 Å². The fraction of sp³-hybridized carbons (Fsp3) is 0.389. The van der Waals surface area contributed by atoms with Gasteiger partial charge in [-0.15, -0.1) is 0 Å². The second-order valence-corrected chi connectivity index (χ2v) is 7.04. The van der Waals surface area contributed by atoms with Crippen molar-refractivity contribution < 1.29 is 4.79 Å². The lowest BCUT2D eigenvalue weighted by Crippen LogP contribution is -2.36. The summed E-state index contributed by atoms with van der Waals surface area (Å²) in [5.41, 5.74) is 2.44. The maximum Gasteiger partial charge on any atom is 0.271 e. The van der Waals surface area contributed by atoms with Crippen LogP contribution in [0, 0.1) is 6.92 Å². The first-order valence-electron chi connectivity index (χ1n) is 8.28. The predicted molar refractivity (Wildman–Crippen MR) is 98.5 cm³/mol. The molecule has 1 aliphatic rings. The van der Waals surface area contributed by atoms with Gasteiger partial charge in [-0.05, 0) is 37.5 Å². The van der Waals surface area contributed by atoms with Crippen molar-refractivity contribution >= 4 is 33.3 Å². The number of carbonyl (C=O) groups excluding carboxylic acids is 1. The molecule has 1 saturated carbocycles. The first kappa shape index (κ1) is 16.9. The molecule has 0 radical (unpaired) electrons. The number of nitrogens with one attached hydrogen (secondary N) is 2. The van der Waals surface area contributed by atoms with Gasteiger partial charge in [-0.2, -0.15) is 0 Å². The van der Waals surface area contributed by atoms with Gasteiger partial charge in [-0.1, -0.05) is 41.3 Å². The molecule has 3 rings (SSSR count). The largest absolute Gasteiger partial charge is 0.348 e. The number of carbonyl (C=O) groups is 1. The average molecular weight is 389 g/mol. The molecule has 6 heteroatoms. The topological polar surface area (TPSA) is 66.9 Å². The normalized spacial score (nSPS) is 15.1. The minimum Gasteiger partial charge on any atom is -0.348 e. The van der Waals surface area contributed by atoms with Crippen molar-refractivity contribution in [2.45, 2.75) is 45.1 Å². The smallest absolute Gasteiger partial charge is 0.271 e. The number of nitrogens with zero attached hydrogens (tertiary/aromatic N) is 2. The molecule has 2 N–H and O–H groups in total. The van der Waals surface area contributed by atoms with Crippen LogP contribution in [0.4, 0.5) is 11.5 Å². The van der Waals surface area contributed by atoms with Crippen LogP contribution in [0.15, 0.2) is 35.1 Å². The molecule has 2 aromatic rings. The molecular weight excluding hydrogens is 368 g/mol. The monoisotopic (exact) mass is 388 g/mol. The Morgan fingerprint density at radius 2 is 1.96 bits per heavy atom. The van der Waals surface area contributed by atoms with Gasteiger partial charge in [0.05, 0.1) is 12.4 Å². The summed E-state index contributed by atoms with van der Waals surface area (Å²) in [6, 6.07) is 6.26. The Morgan fingerprint density at radius 1 is 1.17 bits per heavy atom. The summed E-state index contributed by atoms with van der Waals surface area (Å²) in [4.78, 5) is 20.7. The van der Waals surface area contributed by atoms with Gasteiger partial charge in [0.15, 0.2) is 0 Å². The van der Waals surface area contributed by atoms with E-state index < -0.39 is 0 Å². The third-order valence-corrected chi connectivity index (χ3v) is 5.12.